The Morgan fingerprint density at radius 2 is 1.75 bits per heavy atom. The van der Waals surface area contributed by atoms with Crippen molar-refractivity contribution < 1.29 is 19.4 Å². The maximum Gasteiger partial charge on any atom is 0.312 e. The van der Waals surface area contributed by atoms with Crippen LogP contribution >= 0.6 is 0 Å². The fraction of sp³-hybridized carbons (Fsp3) is 0.900. The average Bonchev–Trinajstić information content (AvgIpc) is 2.55. The molecule has 0 aromatic rings. The Balaban J connectivity index is 2.46. The van der Waals surface area contributed by atoms with E-state index in [-0.39, 0.29) is 41.5 Å². The summed E-state index contributed by atoms with van der Waals surface area (Å²) in [6, 6.07) is 0. The first-order valence-corrected chi connectivity index (χ1v) is 9.52. The Morgan fingerprint density at radius 3 is 2.21 bits per heavy atom. The Morgan fingerprint density at radius 1 is 1.17 bits per heavy atom. The van der Waals surface area contributed by atoms with Gasteiger partial charge in [0.25, 0.3) is 0 Å². The molecule has 8 unspecified atom stereocenters. The molecule has 0 aromatic carbocycles. The van der Waals surface area contributed by atoms with Crippen LogP contribution < -0.4 is 0 Å². The predicted molar refractivity (Wildman–Crippen MR) is 95.4 cm³/mol. The van der Waals surface area contributed by atoms with E-state index < -0.39 is 6.10 Å². The third kappa shape index (κ3) is 5.05. The summed E-state index contributed by atoms with van der Waals surface area (Å²) in [5.74, 6) is 0.535. The summed E-state index contributed by atoms with van der Waals surface area (Å²) in [6.07, 6.45) is 2.10. The summed E-state index contributed by atoms with van der Waals surface area (Å²) in [7, 11) is 0. The molecule has 0 bridgehead atoms. The van der Waals surface area contributed by atoms with E-state index in [1.54, 1.807) is 0 Å². The number of ether oxygens (including phenoxy) is 1. The average molecular weight is 341 g/mol. The third-order valence-corrected chi connectivity index (χ3v) is 5.88. The lowest BCUT2D eigenvalue weighted by Crippen LogP contribution is -2.47. The SMILES string of the molecule is CCC(C)C(O)C(C)C(=O)C(C)CC(C)CC(C)C1OC(=O)C1C. The van der Waals surface area contributed by atoms with E-state index in [0.717, 1.165) is 19.3 Å². The van der Waals surface area contributed by atoms with Gasteiger partial charge in [-0.05, 0) is 37.5 Å². The molecule has 24 heavy (non-hydrogen) atoms. The monoisotopic (exact) mass is 340 g/mol. The maximum absolute atomic E-state index is 12.6. The molecule has 1 aliphatic heterocycles. The van der Waals surface area contributed by atoms with Gasteiger partial charge in [-0.1, -0.05) is 48.0 Å². The lowest BCUT2D eigenvalue weighted by Gasteiger charge is -2.38. The van der Waals surface area contributed by atoms with Crippen molar-refractivity contribution in [2.75, 3.05) is 0 Å². The van der Waals surface area contributed by atoms with E-state index in [1.165, 1.54) is 0 Å². The molecule has 4 heteroatoms. The molecular weight excluding hydrogens is 304 g/mol. The highest BCUT2D eigenvalue weighted by molar-refractivity contribution is 5.83. The molecule has 0 aromatic heterocycles. The highest BCUT2D eigenvalue weighted by Gasteiger charge is 2.42. The number of aliphatic hydroxyl groups is 1. The van der Waals surface area contributed by atoms with Crippen molar-refractivity contribution >= 4 is 11.8 Å². The number of esters is 1. The third-order valence-electron chi connectivity index (χ3n) is 5.88. The smallest absolute Gasteiger partial charge is 0.312 e. The van der Waals surface area contributed by atoms with Crippen LogP contribution in [0.1, 0.15) is 67.7 Å². The number of aliphatic hydroxyl groups excluding tert-OH is 1. The summed E-state index contributed by atoms with van der Waals surface area (Å²) in [5.41, 5.74) is 0. The van der Waals surface area contributed by atoms with Gasteiger partial charge in [-0.2, -0.15) is 0 Å². The molecule has 8 atom stereocenters. The van der Waals surface area contributed by atoms with E-state index in [4.69, 9.17) is 4.74 Å². The van der Waals surface area contributed by atoms with Gasteiger partial charge in [0.1, 0.15) is 11.9 Å². The van der Waals surface area contributed by atoms with Crippen LogP contribution in [0.3, 0.4) is 0 Å². The number of ketones is 1. The molecule has 0 saturated carbocycles. The number of rotatable bonds is 10. The van der Waals surface area contributed by atoms with Crippen molar-refractivity contribution in [2.24, 2.45) is 35.5 Å². The highest BCUT2D eigenvalue weighted by Crippen LogP contribution is 2.33. The normalized spacial score (nSPS) is 28.1. The minimum Gasteiger partial charge on any atom is -0.461 e. The van der Waals surface area contributed by atoms with Crippen LogP contribution in [-0.2, 0) is 14.3 Å². The molecule has 1 fully saturated rings. The molecule has 1 rings (SSSR count). The van der Waals surface area contributed by atoms with E-state index in [2.05, 4.69) is 13.8 Å². The topological polar surface area (TPSA) is 63.6 Å². The maximum atomic E-state index is 12.6. The second kappa shape index (κ2) is 8.98. The van der Waals surface area contributed by atoms with Crippen LogP contribution in [0.4, 0.5) is 0 Å². The largest absolute Gasteiger partial charge is 0.461 e. The van der Waals surface area contributed by atoms with Gasteiger partial charge in [0.2, 0.25) is 0 Å². The summed E-state index contributed by atoms with van der Waals surface area (Å²) in [4.78, 5) is 23.8. The summed E-state index contributed by atoms with van der Waals surface area (Å²) in [6.45, 7) is 14.0. The molecule has 140 valence electrons. The Hall–Kier alpha value is -0.900. The van der Waals surface area contributed by atoms with Gasteiger partial charge >= 0.3 is 5.97 Å². The molecular formula is C20H36O4. The van der Waals surface area contributed by atoms with Gasteiger partial charge in [-0.25, -0.2) is 0 Å². The van der Waals surface area contributed by atoms with Gasteiger partial charge in [0.15, 0.2) is 0 Å². The second-order valence-electron chi connectivity index (χ2n) is 8.21. The van der Waals surface area contributed by atoms with Crippen molar-refractivity contribution in [2.45, 2.75) is 79.9 Å². The molecule has 0 spiro atoms. The van der Waals surface area contributed by atoms with Crippen molar-refractivity contribution in [3.8, 4) is 0 Å². The van der Waals surface area contributed by atoms with E-state index in [1.807, 2.05) is 34.6 Å². The Kier molecular flexibility index (Phi) is 7.91. The Labute approximate surface area is 147 Å². The minimum absolute atomic E-state index is 0.00282. The molecule has 0 radical (unpaired) electrons. The zero-order valence-electron chi connectivity index (χ0n) is 16.4. The summed E-state index contributed by atoms with van der Waals surface area (Å²) >= 11 is 0. The van der Waals surface area contributed by atoms with Gasteiger partial charge in [0, 0.05) is 11.8 Å². The molecule has 1 N–H and O–H groups in total. The minimum atomic E-state index is -0.561. The fourth-order valence-corrected chi connectivity index (χ4v) is 3.95. The quantitative estimate of drug-likeness (QED) is 0.614. The lowest BCUT2D eigenvalue weighted by molar-refractivity contribution is -0.189. The van der Waals surface area contributed by atoms with E-state index in [9.17, 15) is 14.7 Å². The Bertz CT molecular complexity index is 433. The van der Waals surface area contributed by atoms with Crippen LogP contribution in [0.2, 0.25) is 0 Å². The molecule has 4 nitrogen and oxygen atoms in total. The van der Waals surface area contributed by atoms with E-state index >= 15 is 0 Å². The first kappa shape index (κ1) is 21.1. The number of cyclic esters (lactones) is 1. The highest BCUT2D eigenvalue weighted by atomic mass is 16.6. The van der Waals surface area contributed by atoms with Gasteiger partial charge < -0.3 is 9.84 Å². The first-order valence-electron chi connectivity index (χ1n) is 9.52. The second-order valence-corrected chi connectivity index (χ2v) is 8.21. The molecule has 0 aliphatic carbocycles. The van der Waals surface area contributed by atoms with Crippen LogP contribution in [0.5, 0.6) is 0 Å². The number of Topliss-reactive ketones (excluding diaryl/α,β-unsaturated/α-hetero) is 1. The van der Waals surface area contributed by atoms with Gasteiger partial charge in [-0.3, -0.25) is 9.59 Å². The number of carbonyl (C=O) groups is 2. The summed E-state index contributed by atoms with van der Waals surface area (Å²) in [5, 5.41) is 10.3. The van der Waals surface area contributed by atoms with Crippen molar-refractivity contribution in [1.82, 2.24) is 0 Å². The van der Waals surface area contributed by atoms with Crippen LogP contribution in [0, 0.1) is 35.5 Å². The van der Waals surface area contributed by atoms with Crippen LogP contribution in [0.25, 0.3) is 0 Å². The fourth-order valence-electron chi connectivity index (χ4n) is 3.95. The van der Waals surface area contributed by atoms with Crippen LogP contribution in [-0.4, -0.2) is 29.1 Å². The zero-order valence-corrected chi connectivity index (χ0v) is 16.4. The van der Waals surface area contributed by atoms with Gasteiger partial charge in [-0.15, -0.1) is 0 Å². The number of hydrogen-bond acceptors (Lipinski definition) is 4. The lowest BCUT2D eigenvalue weighted by atomic mass is 9.78. The van der Waals surface area contributed by atoms with Crippen LogP contribution in [0.15, 0.2) is 0 Å². The predicted octanol–water partition coefficient (Wildman–Crippen LogP) is 3.85. The summed E-state index contributed by atoms with van der Waals surface area (Å²) < 4.78 is 5.24. The van der Waals surface area contributed by atoms with E-state index in [0.29, 0.717) is 11.8 Å². The number of carbonyl (C=O) groups excluding carboxylic acids is 2. The van der Waals surface area contributed by atoms with Crippen molar-refractivity contribution in [1.29, 1.82) is 0 Å². The number of hydrogen-bond donors (Lipinski definition) is 1. The molecule has 1 heterocycles. The van der Waals surface area contributed by atoms with Crippen molar-refractivity contribution in [3.05, 3.63) is 0 Å². The zero-order chi connectivity index (χ0) is 18.6. The standard InChI is InChI=1S/C20H36O4/c1-8-12(3)17(21)15(6)18(22)13(4)9-11(2)10-14(5)19-16(7)20(23)24-19/h11-17,19,21H,8-10H2,1-7H3. The molecule has 1 aliphatic rings. The van der Waals surface area contributed by atoms with Gasteiger partial charge in [0.05, 0.1) is 12.0 Å². The van der Waals surface area contributed by atoms with Crippen molar-refractivity contribution in [3.63, 3.8) is 0 Å². The molecule has 0 amide bonds. The first-order chi connectivity index (χ1) is 11.1. The molecule has 1 saturated heterocycles.